The molecule has 0 aromatic heterocycles. The van der Waals surface area contributed by atoms with Crippen LogP contribution in [0.2, 0.25) is 0 Å². The minimum Gasteiger partial charge on any atom is -0.508 e. The summed E-state index contributed by atoms with van der Waals surface area (Å²) in [6.07, 6.45) is 8.52. The fourth-order valence-corrected chi connectivity index (χ4v) is 6.56. The topological polar surface area (TPSA) is 20.2 Å². The maximum atomic E-state index is 10.7. The fourth-order valence-electron chi connectivity index (χ4n) is 6.56. The molecule has 4 bridgehead atoms. The normalized spacial score (nSPS) is 36.8. The molecule has 0 unspecified atom stereocenters. The van der Waals surface area contributed by atoms with Crippen LogP contribution in [0.4, 0.5) is 0 Å². The Morgan fingerprint density at radius 1 is 0.955 bits per heavy atom. The fraction of sp³-hybridized carbons (Fsp3) is 0.714. The Bertz CT molecular complexity index is 570. The van der Waals surface area contributed by atoms with Crippen LogP contribution < -0.4 is 0 Å². The summed E-state index contributed by atoms with van der Waals surface area (Å²) in [5.74, 6) is 3.35. The second-order valence-corrected chi connectivity index (χ2v) is 9.60. The summed E-state index contributed by atoms with van der Waals surface area (Å²) in [5.41, 5.74) is 4.54. The van der Waals surface area contributed by atoms with Gasteiger partial charge in [-0.3, -0.25) is 0 Å². The summed E-state index contributed by atoms with van der Waals surface area (Å²) < 4.78 is 0. The van der Waals surface area contributed by atoms with E-state index in [4.69, 9.17) is 0 Å². The van der Waals surface area contributed by atoms with Crippen molar-refractivity contribution < 1.29 is 5.11 Å². The molecular formula is C21H30O. The molecule has 120 valence electrons. The van der Waals surface area contributed by atoms with E-state index in [-0.39, 0.29) is 5.41 Å². The van der Waals surface area contributed by atoms with Crippen molar-refractivity contribution in [3.63, 3.8) is 0 Å². The van der Waals surface area contributed by atoms with Crippen molar-refractivity contribution in [2.75, 3.05) is 0 Å². The molecule has 0 aliphatic heterocycles. The molecule has 1 aromatic rings. The SMILES string of the molecule is Cc1ccc(O)c(C(C)(C)C)c1C12CC3CC(CC(C3)C1)C2. The number of hydrogen-bond acceptors (Lipinski definition) is 1. The first-order valence-corrected chi connectivity index (χ1v) is 9.12. The highest BCUT2D eigenvalue weighted by molar-refractivity contribution is 5.52. The Balaban J connectivity index is 1.91. The molecule has 0 amide bonds. The number of rotatable bonds is 1. The molecular weight excluding hydrogens is 268 g/mol. The van der Waals surface area contributed by atoms with E-state index in [0.717, 1.165) is 17.8 Å². The Morgan fingerprint density at radius 2 is 1.45 bits per heavy atom. The van der Waals surface area contributed by atoms with Gasteiger partial charge in [0.25, 0.3) is 0 Å². The van der Waals surface area contributed by atoms with Crippen LogP contribution in [0.15, 0.2) is 12.1 Å². The van der Waals surface area contributed by atoms with Gasteiger partial charge in [-0.2, -0.15) is 0 Å². The van der Waals surface area contributed by atoms with Crippen molar-refractivity contribution in [1.29, 1.82) is 0 Å². The average molecular weight is 298 g/mol. The van der Waals surface area contributed by atoms with Crippen molar-refractivity contribution in [3.8, 4) is 5.75 Å². The van der Waals surface area contributed by atoms with Crippen LogP contribution >= 0.6 is 0 Å². The second kappa shape index (κ2) is 4.52. The van der Waals surface area contributed by atoms with E-state index in [0.29, 0.717) is 11.2 Å². The molecule has 0 spiro atoms. The summed E-state index contributed by atoms with van der Waals surface area (Å²) in [5, 5.41) is 10.7. The predicted molar refractivity (Wildman–Crippen MR) is 91.4 cm³/mol. The number of aromatic hydroxyl groups is 1. The molecule has 1 nitrogen and oxygen atoms in total. The lowest BCUT2D eigenvalue weighted by molar-refractivity contribution is -0.00633. The van der Waals surface area contributed by atoms with E-state index < -0.39 is 0 Å². The molecule has 4 saturated carbocycles. The van der Waals surface area contributed by atoms with E-state index in [9.17, 15) is 5.11 Å². The van der Waals surface area contributed by atoms with Crippen LogP contribution in [-0.2, 0) is 10.8 Å². The number of benzene rings is 1. The van der Waals surface area contributed by atoms with E-state index in [1.54, 1.807) is 0 Å². The third kappa shape index (κ3) is 2.04. The van der Waals surface area contributed by atoms with E-state index >= 15 is 0 Å². The van der Waals surface area contributed by atoms with Gasteiger partial charge in [-0.05, 0) is 91.2 Å². The summed E-state index contributed by atoms with van der Waals surface area (Å²) in [6.45, 7) is 9.03. The average Bonchev–Trinajstić information content (AvgIpc) is 2.38. The maximum absolute atomic E-state index is 10.7. The van der Waals surface area contributed by atoms with Gasteiger partial charge in [-0.15, -0.1) is 0 Å². The molecule has 4 fully saturated rings. The van der Waals surface area contributed by atoms with Crippen molar-refractivity contribution in [2.24, 2.45) is 17.8 Å². The van der Waals surface area contributed by atoms with E-state index in [1.807, 2.05) is 6.07 Å². The Labute approximate surface area is 135 Å². The molecule has 4 aliphatic carbocycles. The molecule has 1 N–H and O–H groups in total. The summed E-state index contributed by atoms with van der Waals surface area (Å²) in [6, 6.07) is 4.07. The molecule has 0 radical (unpaired) electrons. The summed E-state index contributed by atoms with van der Waals surface area (Å²) >= 11 is 0. The Morgan fingerprint density at radius 3 is 1.91 bits per heavy atom. The van der Waals surface area contributed by atoms with Crippen LogP contribution in [0.3, 0.4) is 0 Å². The van der Waals surface area contributed by atoms with Crippen LogP contribution in [0, 0.1) is 24.7 Å². The zero-order valence-corrected chi connectivity index (χ0v) is 14.6. The molecule has 4 aliphatic rings. The monoisotopic (exact) mass is 298 g/mol. The zero-order chi connectivity index (χ0) is 15.7. The highest BCUT2D eigenvalue weighted by atomic mass is 16.3. The van der Waals surface area contributed by atoms with Gasteiger partial charge in [-0.25, -0.2) is 0 Å². The van der Waals surface area contributed by atoms with Crippen LogP contribution in [0.1, 0.15) is 76.0 Å². The van der Waals surface area contributed by atoms with Gasteiger partial charge >= 0.3 is 0 Å². The quantitative estimate of drug-likeness (QED) is 0.729. The van der Waals surface area contributed by atoms with Crippen molar-refractivity contribution in [1.82, 2.24) is 0 Å². The van der Waals surface area contributed by atoms with Gasteiger partial charge in [0, 0.05) is 5.56 Å². The molecule has 5 rings (SSSR count). The van der Waals surface area contributed by atoms with Gasteiger partial charge < -0.3 is 5.11 Å². The highest BCUT2D eigenvalue weighted by Crippen LogP contribution is 2.62. The van der Waals surface area contributed by atoms with Gasteiger partial charge in [0.2, 0.25) is 0 Å². The van der Waals surface area contributed by atoms with Gasteiger partial charge in [0.05, 0.1) is 0 Å². The minimum atomic E-state index is 0.00870. The third-order valence-corrected chi connectivity index (χ3v) is 6.71. The van der Waals surface area contributed by atoms with Crippen LogP contribution in [0.25, 0.3) is 0 Å². The number of phenolic OH excluding ortho intramolecular Hbond substituents is 1. The van der Waals surface area contributed by atoms with Crippen molar-refractivity contribution >= 4 is 0 Å². The first-order chi connectivity index (χ1) is 10.3. The molecule has 0 saturated heterocycles. The lowest BCUT2D eigenvalue weighted by Gasteiger charge is -2.58. The van der Waals surface area contributed by atoms with Crippen LogP contribution in [-0.4, -0.2) is 5.11 Å². The highest BCUT2D eigenvalue weighted by Gasteiger charge is 2.53. The molecule has 1 heteroatoms. The molecule has 0 atom stereocenters. The molecule has 22 heavy (non-hydrogen) atoms. The Kier molecular flexibility index (Phi) is 3.00. The van der Waals surface area contributed by atoms with Crippen LogP contribution in [0.5, 0.6) is 5.75 Å². The molecule has 0 heterocycles. The van der Waals surface area contributed by atoms with Crippen molar-refractivity contribution in [3.05, 3.63) is 28.8 Å². The lowest BCUT2D eigenvalue weighted by Crippen LogP contribution is -2.49. The second-order valence-electron chi connectivity index (χ2n) is 9.60. The smallest absolute Gasteiger partial charge is 0.119 e. The number of phenols is 1. The number of hydrogen-bond donors (Lipinski definition) is 1. The zero-order valence-electron chi connectivity index (χ0n) is 14.6. The first kappa shape index (κ1) is 14.6. The van der Waals surface area contributed by atoms with Gasteiger partial charge in [0.15, 0.2) is 0 Å². The predicted octanol–water partition coefficient (Wildman–Crippen LogP) is 5.47. The van der Waals surface area contributed by atoms with E-state index in [2.05, 4.69) is 33.8 Å². The standard InChI is InChI=1S/C21H30O/c1-13-5-6-17(22)19(20(2,3)4)18(13)21-10-14-7-15(11-21)9-16(8-14)12-21/h5-6,14-16,22H,7-12H2,1-4H3. The number of aryl methyl sites for hydroxylation is 1. The summed E-state index contributed by atoms with van der Waals surface area (Å²) in [4.78, 5) is 0. The largest absolute Gasteiger partial charge is 0.508 e. The van der Waals surface area contributed by atoms with Gasteiger partial charge in [0.1, 0.15) is 5.75 Å². The minimum absolute atomic E-state index is 0.00870. The first-order valence-electron chi connectivity index (χ1n) is 9.12. The lowest BCUT2D eigenvalue weighted by atomic mass is 9.47. The molecule has 1 aromatic carbocycles. The van der Waals surface area contributed by atoms with E-state index in [1.165, 1.54) is 55.2 Å². The maximum Gasteiger partial charge on any atom is 0.119 e. The van der Waals surface area contributed by atoms with Gasteiger partial charge in [-0.1, -0.05) is 26.8 Å². The van der Waals surface area contributed by atoms with Crippen molar-refractivity contribution in [2.45, 2.75) is 77.0 Å². The third-order valence-electron chi connectivity index (χ3n) is 6.71. The Hall–Kier alpha value is -0.980. The summed E-state index contributed by atoms with van der Waals surface area (Å²) in [7, 11) is 0.